The number of nitrogens with zero attached hydrogens (tertiary/aromatic N) is 3. The van der Waals surface area contributed by atoms with Gasteiger partial charge in [-0.3, -0.25) is 4.68 Å². The van der Waals surface area contributed by atoms with Crippen molar-refractivity contribution in [1.82, 2.24) is 9.78 Å². The first-order valence-corrected chi connectivity index (χ1v) is 3.99. The maximum atomic E-state index is 8.48. The summed E-state index contributed by atoms with van der Waals surface area (Å²) in [6.07, 6.45) is 4.62. The summed E-state index contributed by atoms with van der Waals surface area (Å²) >= 11 is 0. The van der Waals surface area contributed by atoms with Crippen LogP contribution in [-0.2, 0) is 6.54 Å². The number of hydrogen-bond donors (Lipinski definition) is 1. The topological polar surface area (TPSA) is 50.4 Å². The maximum absolute atomic E-state index is 8.48. The minimum absolute atomic E-state index is 0.595. The molecule has 1 aromatic rings. The van der Waals surface area contributed by atoms with Crippen molar-refractivity contribution in [3.63, 3.8) is 0 Å². The number of rotatable bonds is 3. The highest BCUT2D eigenvalue weighted by Gasteiger charge is 2.00. The fraction of sp³-hybridized carbons (Fsp3) is 0.500. The van der Waals surface area contributed by atoms with Crippen molar-refractivity contribution in [1.29, 1.82) is 0 Å². The molecule has 1 aromatic heterocycles. The predicted molar refractivity (Wildman–Crippen MR) is 46.5 cm³/mol. The Morgan fingerprint density at radius 3 is 3.08 bits per heavy atom. The largest absolute Gasteiger partial charge is 0.411 e. The van der Waals surface area contributed by atoms with Crippen molar-refractivity contribution in [3.05, 3.63) is 18.0 Å². The first-order valence-electron chi connectivity index (χ1n) is 3.99. The molecule has 0 bridgehead atoms. The average Bonchev–Trinajstić information content (AvgIpc) is 2.52. The molecule has 4 nitrogen and oxygen atoms in total. The molecular formula is C8H13N3O. The van der Waals surface area contributed by atoms with Crippen LogP contribution in [0.15, 0.2) is 17.5 Å². The summed E-state index contributed by atoms with van der Waals surface area (Å²) in [7, 11) is 0. The Hall–Kier alpha value is -1.32. The van der Waals surface area contributed by atoms with Gasteiger partial charge in [0, 0.05) is 18.3 Å². The van der Waals surface area contributed by atoms with Crippen LogP contribution < -0.4 is 0 Å². The van der Waals surface area contributed by atoms with E-state index in [4.69, 9.17) is 5.21 Å². The molecule has 0 aliphatic heterocycles. The molecule has 0 radical (unpaired) electrons. The third-order valence-electron chi connectivity index (χ3n) is 1.65. The smallest absolute Gasteiger partial charge is 0.0868 e. The molecule has 0 spiro atoms. The second kappa shape index (κ2) is 3.90. The normalized spacial score (nSPS) is 12.0. The first kappa shape index (κ1) is 8.77. The van der Waals surface area contributed by atoms with Gasteiger partial charge in [0.25, 0.3) is 0 Å². The quantitative estimate of drug-likeness (QED) is 0.421. The van der Waals surface area contributed by atoms with Crippen molar-refractivity contribution in [2.75, 3.05) is 0 Å². The van der Waals surface area contributed by atoms with Crippen LogP contribution in [0.1, 0.15) is 25.8 Å². The van der Waals surface area contributed by atoms with E-state index in [0.717, 1.165) is 18.5 Å². The zero-order valence-corrected chi connectivity index (χ0v) is 7.36. The van der Waals surface area contributed by atoms with E-state index < -0.39 is 0 Å². The second-order valence-electron chi connectivity index (χ2n) is 2.68. The van der Waals surface area contributed by atoms with Crippen molar-refractivity contribution in [2.45, 2.75) is 26.8 Å². The summed E-state index contributed by atoms with van der Waals surface area (Å²) in [5, 5.41) is 15.7. The summed E-state index contributed by atoms with van der Waals surface area (Å²) in [6.45, 7) is 4.74. The van der Waals surface area contributed by atoms with E-state index in [1.807, 2.05) is 10.9 Å². The Morgan fingerprint density at radius 2 is 2.50 bits per heavy atom. The maximum Gasteiger partial charge on any atom is 0.0868 e. The van der Waals surface area contributed by atoms with Gasteiger partial charge in [-0.2, -0.15) is 5.10 Å². The number of aryl methyl sites for hydroxylation is 1. The Bertz CT molecular complexity index is 278. The standard InChI is InChI=1S/C8H13N3O/c1-3-4-11-6-8(5-9-11)7(2)10-12/h5-6,12H,3-4H2,1-2H3. The van der Waals surface area contributed by atoms with Gasteiger partial charge >= 0.3 is 0 Å². The van der Waals surface area contributed by atoms with Crippen LogP contribution in [0.4, 0.5) is 0 Å². The van der Waals surface area contributed by atoms with Crippen LogP contribution in [0.25, 0.3) is 0 Å². The Labute approximate surface area is 71.5 Å². The summed E-state index contributed by atoms with van der Waals surface area (Å²) in [5.41, 5.74) is 1.46. The monoisotopic (exact) mass is 167 g/mol. The lowest BCUT2D eigenvalue weighted by Crippen LogP contribution is -1.96. The molecular weight excluding hydrogens is 154 g/mol. The lowest BCUT2D eigenvalue weighted by atomic mass is 10.2. The van der Waals surface area contributed by atoms with E-state index in [0.29, 0.717) is 5.71 Å². The highest BCUT2D eigenvalue weighted by Crippen LogP contribution is 2.00. The third-order valence-corrected chi connectivity index (χ3v) is 1.65. The Morgan fingerprint density at radius 1 is 1.75 bits per heavy atom. The molecule has 66 valence electrons. The lowest BCUT2D eigenvalue weighted by molar-refractivity contribution is 0.319. The molecule has 0 aliphatic carbocycles. The lowest BCUT2D eigenvalue weighted by Gasteiger charge is -1.94. The van der Waals surface area contributed by atoms with Crippen molar-refractivity contribution in [2.24, 2.45) is 5.16 Å². The second-order valence-corrected chi connectivity index (χ2v) is 2.68. The van der Waals surface area contributed by atoms with Gasteiger partial charge in [-0.1, -0.05) is 12.1 Å². The highest BCUT2D eigenvalue weighted by atomic mass is 16.4. The first-order chi connectivity index (χ1) is 5.77. The van der Waals surface area contributed by atoms with Gasteiger partial charge in [0.1, 0.15) is 0 Å². The number of oxime groups is 1. The Balaban J connectivity index is 2.77. The molecule has 0 fully saturated rings. The molecule has 1 rings (SSSR count). The van der Waals surface area contributed by atoms with Crippen molar-refractivity contribution in [3.8, 4) is 0 Å². The minimum atomic E-state index is 0.595. The average molecular weight is 167 g/mol. The van der Waals surface area contributed by atoms with Crippen LogP contribution in [-0.4, -0.2) is 20.7 Å². The summed E-state index contributed by atoms with van der Waals surface area (Å²) in [4.78, 5) is 0. The summed E-state index contributed by atoms with van der Waals surface area (Å²) in [6, 6.07) is 0. The van der Waals surface area contributed by atoms with Gasteiger partial charge < -0.3 is 5.21 Å². The fourth-order valence-corrected chi connectivity index (χ4v) is 0.960. The van der Waals surface area contributed by atoms with Crippen molar-refractivity contribution < 1.29 is 5.21 Å². The van der Waals surface area contributed by atoms with Gasteiger partial charge in [0.15, 0.2) is 0 Å². The van der Waals surface area contributed by atoms with E-state index in [9.17, 15) is 0 Å². The van der Waals surface area contributed by atoms with Crippen LogP contribution in [0.2, 0.25) is 0 Å². The molecule has 0 amide bonds. The molecule has 0 aromatic carbocycles. The highest BCUT2D eigenvalue weighted by molar-refractivity contribution is 5.97. The molecule has 0 saturated carbocycles. The molecule has 1 N–H and O–H groups in total. The molecule has 1 heterocycles. The summed E-state index contributed by atoms with van der Waals surface area (Å²) in [5.74, 6) is 0. The molecule has 0 unspecified atom stereocenters. The molecule has 0 aliphatic rings. The zero-order valence-electron chi connectivity index (χ0n) is 7.36. The van der Waals surface area contributed by atoms with Gasteiger partial charge in [-0.05, 0) is 13.3 Å². The fourth-order valence-electron chi connectivity index (χ4n) is 0.960. The predicted octanol–water partition coefficient (Wildman–Crippen LogP) is 1.49. The minimum Gasteiger partial charge on any atom is -0.411 e. The number of hydrogen-bond acceptors (Lipinski definition) is 3. The van der Waals surface area contributed by atoms with Gasteiger partial charge in [0.05, 0.1) is 11.9 Å². The van der Waals surface area contributed by atoms with E-state index >= 15 is 0 Å². The molecule has 0 saturated heterocycles. The molecule has 4 heteroatoms. The van der Waals surface area contributed by atoms with Crippen LogP contribution >= 0.6 is 0 Å². The van der Waals surface area contributed by atoms with Crippen LogP contribution in [0.3, 0.4) is 0 Å². The molecule has 0 atom stereocenters. The van der Waals surface area contributed by atoms with E-state index in [-0.39, 0.29) is 0 Å². The van der Waals surface area contributed by atoms with Crippen molar-refractivity contribution >= 4 is 5.71 Å². The van der Waals surface area contributed by atoms with E-state index in [1.54, 1.807) is 13.1 Å². The van der Waals surface area contributed by atoms with Crippen LogP contribution in [0, 0.1) is 0 Å². The van der Waals surface area contributed by atoms with E-state index in [1.165, 1.54) is 0 Å². The number of aromatic nitrogens is 2. The summed E-state index contributed by atoms with van der Waals surface area (Å²) < 4.78 is 1.84. The van der Waals surface area contributed by atoms with Crippen LogP contribution in [0.5, 0.6) is 0 Å². The zero-order chi connectivity index (χ0) is 8.97. The third kappa shape index (κ3) is 1.84. The van der Waals surface area contributed by atoms with Gasteiger partial charge in [0.2, 0.25) is 0 Å². The molecule has 12 heavy (non-hydrogen) atoms. The van der Waals surface area contributed by atoms with Gasteiger partial charge in [-0.25, -0.2) is 0 Å². The SMILES string of the molecule is CCCn1cc(C(C)=NO)cn1. The van der Waals surface area contributed by atoms with Gasteiger partial charge in [-0.15, -0.1) is 0 Å². The Kier molecular flexibility index (Phi) is 2.85. The van der Waals surface area contributed by atoms with E-state index in [2.05, 4.69) is 17.2 Å².